The van der Waals surface area contributed by atoms with E-state index < -0.39 is 0 Å². The Kier molecular flexibility index (Phi) is 6.13. The lowest BCUT2D eigenvalue weighted by atomic mass is 10.0. The molecule has 1 aliphatic rings. The van der Waals surface area contributed by atoms with Gasteiger partial charge in [0.15, 0.2) is 0 Å². The van der Waals surface area contributed by atoms with Gasteiger partial charge in [0.25, 0.3) is 0 Å². The van der Waals surface area contributed by atoms with E-state index in [1.807, 2.05) is 31.2 Å². The molecule has 2 aromatic carbocycles. The fourth-order valence-corrected chi connectivity index (χ4v) is 3.99. The molecule has 0 amide bonds. The molecule has 1 N–H and O–H groups in total. The molecular formula is C19H21Cl3N2O. The minimum Gasteiger partial charge on any atom is -0.392 e. The van der Waals surface area contributed by atoms with Crippen LogP contribution in [0.3, 0.4) is 0 Å². The average molecular weight is 400 g/mol. The van der Waals surface area contributed by atoms with Crippen LogP contribution in [0.15, 0.2) is 42.5 Å². The first kappa shape index (κ1) is 18.8. The molecule has 1 saturated heterocycles. The number of piperazine rings is 1. The normalized spacial score (nSPS) is 19.9. The van der Waals surface area contributed by atoms with Crippen LogP contribution in [-0.2, 0) is 0 Å². The fraction of sp³-hybridized carbons (Fsp3) is 0.368. The van der Waals surface area contributed by atoms with Gasteiger partial charge in [-0.1, -0.05) is 46.9 Å². The van der Waals surface area contributed by atoms with Crippen LogP contribution in [0.4, 0.5) is 5.69 Å². The molecule has 0 bridgehead atoms. The molecule has 1 aliphatic heterocycles. The second-order valence-corrected chi connectivity index (χ2v) is 7.75. The Hall–Kier alpha value is -0.970. The number of hydrogen-bond donors (Lipinski definition) is 1. The monoisotopic (exact) mass is 398 g/mol. The largest absolute Gasteiger partial charge is 0.392 e. The van der Waals surface area contributed by atoms with E-state index in [0.29, 0.717) is 16.6 Å². The lowest BCUT2D eigenvalue weighted by molar-refractivity contribution is 0.113. The SMILES string of the molecule is CC(O)CN1CCN(c2ccc(Cl)cc2Cl)[C@H](c2ccc(Cl)cc2)C1. The fourth-order valence-electron chi connectivity index (χ4n) is 3.35. The number of aliphatic hydroxyl groups excluding tert-OH is 1. The molecule has 134 valence electrons. The summed E-state index contributed by atoms with van der Waals surface area (Å²) in [6, 6.07) is 13.7. The Bertz CT molecular complexity index is 721. The molecule has 3 nitrogen and oxygen atoms in total. The van der Waals surface area contributed by atoms with Gasteiger partial charge in [0.05, 0.1) is 22.9 Å². The molecule has 1 unspecified atom stereocenters. The van der Waals surface area contributed by atoms with Crippen molar-refractivity contribution in [1.29, 1.82) is 0 Å². The van der Waals surface area contributed by atoms with Crippen LogP contribution in [0.5, 0.6) is 0 Å². The molecule has 3 rings (SSSR count). The molecule has 25 heavy (non-hydrogen) atoms. The zero-order valence-electron chi connectivity index (χ0n) is 14.0. The third-order valence-electron chi connectivity index (χ3n) is 4.46. The van der Waals surface area contributed by atoms with Gasteiger partial charge in [0, 0.05) is 36.2 Å². The van der Waals surface area contributed by atoms with Crippen LogP contribution >= 0.6 is 34.8 Å². The number of nitrogens with zero attached hydrogens (tertiary/aromatic N) is 2. The van der Waals surface area contributed by atoms with E-state index in [-0.39, 0.29) is 12.1 Å². The number of anilines is 1. The summed E-state index contributed by atoms with van der Waals surface area (Å²) in [6.07, 6.45) is -0.350. The van der Waals surface area contributed by atoms with Gasteiger partial charge in [-0.05, 0) is 42.8 Å². The van der Waals surface area contributed by atoms with Crippen molar-refractivity contribution in [1.82, 2.24) is 4.90 Å². The lowest BCUT2D eigenvalue weighted by Gasteiger charge is -2.43. The maximum Gasteiger partial charge on any atom is 0.0670 e. The summed E-state index contributed by atoms with van der Waals surface area (Å²) in [5, 5.41) is 11.7. The molecule has 1 fully saturated rings. The van der Waals surface area contributed by atoms with E-state index in [4.69, 9.17) is 34.8 Å². The van der Waals surface area contributed by atoms with Crippen LogP contribution < -0.4 is 4.90 Å². The Morgan fingerprint density at radius 2 is 1.72 bits per heavy atom. The van der Waals surface area contributed by atoms with Crippen LogP contribution in [-0.4, -0.2) is 42.3 Å². The summed E-state index contributed by atoms with van der Waals surface area (Å²) in [7, 11) is 0. The third kappa shape index (κ3) is 4.60. The number of halogens is 3. The minimum absolute atomic E-state index is 0.128. The van der Waals surface area contributed by atoms with E-state index in [1.165, 1.54) is 5.56 Å². The van der Waals surface area contributed by atoms with Crippen molar-refractivity contribution in [2.24, 2.45) is 0 Å². The topological polar surface area (TPSA) is 26.7 Å². The summed E-state index contributed by atoms with van der Waals surface area (Å²) in [6.45, 7) is 4.98. The van der Waals surface area contributed by atoms with Crippen molar-refractivity contribution < 1.29 is 5.11 Å². The lowest BCUT2D eigenvalue weighted by Crippen LogP contribution is -2.50. The number of rotatable bonds is 4. The average Bonchev–Trinajstić information content (AvgIpc) is 2.55. The molecule has 0 aliphatic carbocycles. The number of benzene rings is 2. The maximum atomic E-state index is 9.75. The second-order valence-electron chi connectivity index (χ2n) is 6.47. The Balaban J connectivity index is 1.93. The van der Waals surface area contributed by atoms with Gasteiger partial charge in [0.1, 0.15) is 0 Å². The van der Waals surface area contributed by atoms with E-state index in [2.05, 4.69) is 21.9 Å². The predicted octanol–water partition coefficient (Wildman–Crippen LogP) is 4.89. The Morgan fingerprint density at radius 1 is 1.04 bits per heavy atom. The molecular weight excluding hydrogens is 379 g/mol. The van der Waals surface area contributed by atoms with Gasteiger partial charge in [0.2, 0.25) is 0 Å². The number of aliphatic hydroxyl groups is 1. The highest BCUT2D eigenvalue weighted by molar-refractivity contribution is 6.36. The summed E-state index contributed by atoms with van der Waals surface area (Å²) in [5.41, 5.74) is 2.15. The van der Waals surface area contributed by atoms with Crippen molar-refractivity contribution in [3.05, 3.63) is 63.1 Å². The Morgan fingerprint density at radius 3 is 2.36 bits per heavy atom. The predicted molar refractivity (Wildman–Crippen MR) is 106 cm³/mol. The van der Waals surface area contributed by atoms with Crippen molar-refractivity contribution in [3.63, 3.8) is 0 Å². The zero-order chi connectivity index (χ0) is 18.0. The van der Waals surface area contributed by atoms with Crippen molar-refractivity contribution in [2.45, 2.75) is 19.1 Å². The highest BCUT2D eigenvalue weighted by Crippen LogP contribution is 2.36. The summed E-state index contributed by atoms with van der Waals surface area (Å²) in [4.78, 5) is 4.59. The van der Waals surface area contributed by atoms with E-state index in [9.17, 15) is 5.11 Å². The van der Waals surface area contributed by atoms with E-state index in [0.717, 1.165) is 30.3 Å². The first-order chi connectivity index (χ1) is 11.9. The van der Waals surface area contributed by atoms with Gasteiger partial charge in [-0.2, -0.15) is 0 Å². The minimum atomic E-state index is -0.350. The molecule has 0 aromatic heterocycles. The van der Waals surface area contributed by atoms with Gasteiger partial charge in [-0.3, -0.25) is 4.90 Å². The van der Waals surface area contributed by atoms with Crippen molar-refractivity contribution >= 4 is 40.5 Å². The molecule has 2 atom stereocenters. The molecule has 6 heteroatoms. The quantitative estimate of drug-likeness (QED) is 0.793. The summed E-state index contributed by atoms with van der Waals surface area (Å²) in [5.74, 6) is 0. The highest BCUT2D eigenvalue weighted by atomic mass is 35.5. The van der Waals surface area contributed by atoms with E-state index in [1.54, 1.807) is 6.07 Å². The maximum absolute atomic E-state index is 9.75. The van der Waals surface area contributed by atoms with Gasteiger partial charge >= 0.3 is 0 Å². The second kappa shape index (κ2) is 8.15. The molecule has 0 radical (unpaired) electrons. The summed E-state index contributed by atoms with van der Waals surface area (Å²) >= 11 is 18.6. The van der Waals surface area contributed by atoms with Crippen LogP contribution in [0.1, 0.15) is 18.5 Å². The van der Waals surface area contributed by atoms with Crippen molar-refractivity contribution in [3.8, 4) is 0 Å². The van der Waals surface area contributed by atoms with Gasteiger partial charge in [-0.25, -0.2) is 0 Å². The van der Waals surface area contributed by atoms with Gasteiger partial charge < -0.3 is 10.0 Å². The molecule has 0 saturated carbocycles. The van der Waals surface area contributed by atoms with Crippen LogP contribution in [0.2, 0.25) is 15.1 Å². The standard InChI is InChI=1S/C19H21Cl3N2O/c1-13(25)11-23-8-9-24(18-7-6-16(21)10-17(18)22)19(12-23)14-2-4-15(20)5-3-14/h2-7,10,13,19,25H,8-9,11-12H2,1H3/t13?,19-/m0/s1. The number of hydrogen-bond acceptors (Lipinski definition) is 3. The van der Waals surface area contributed by atoms with Crippen LogP contribution in [0.25, 0.3) is 0 Å². The third-order valence-corrected chi connectivity index (χ3v) is 5.25. The van der Waals surface area contributed by atoms with Crippen molar-refractivity contribution in [2.75, 3.05) is 31.1 Å². The first-order valence-electron chi connectivity index (χ1n) is 8.31. The van der Waals surface area contributed by atoms with E-state index >= 15 is 0 Å². The molecule has 0 spiro atoms. The van der Waals surface area contributed by atoms with Gasteiger partial charge in [-0.15, -0.1) is 0 Å². The Labute approximate surface area is 163 Å². The zero-order valence-corrected chi connectivity index (χ0v) is 16.3. The smallest absolute Gasteiger partial charge is 0.0670 e. The van der Waals surface area contributed by atoms with Crippen LogP contribution in [0, 0.1) is 0 Å². The highest BCUT2D eigenvalue weighted by Gasteiger charge is 2.30. The number of β-amino-alcohol motifs (C(OH)–C–C–N with tert-alkyl or cyclic N) is 1. The molecule has 1 heterocycles. The first-order valence-corrected chi connectivity index (χ1v) is 9.45. The summed E-state index contributed by atoms with van der Waals surface area (Å²) < 4.78 is 0. The molecule has 2 aromatic rings.